The van der Waals surface area contributed by atoms with Crippen molar-refractivity contribution in [3.05, 3.63) is 23.8 Å². The van der Waals surface area contributed by atoms with Gasteiger partial charge in [-0.15, -0.1) is 0 Å². The Bertz CT molecular complexity index is 379. The molecular weight excluding hydrogens is 206 g/mol. The number of nitrogens with zero attached hydrogens (tertiary/aromatic N) is 1. The molecule has 5 heteroatoms. The first-order chi connectivity index (χ1) is 7.52. The number of likely N-dealkylation sites (N-methyl/N-ethyl adjacent to an activating group) is 1. The van der Waals surface area contributed by atoms with Crippen LogP contribution < -0.4 is 11.5 Å². The zero-order valence-corrected chi connectivity index (χ0v) is 9.31. The van der Waals surface area contributed by atoms with Gasteiger partial charge in [-0.3, -0.25) is 9.69 Å². The van der Waals surface area contributed by atoms with Crippen LogP contribution in [0.25, 0.3) is 0 Å². The molecular formula is C11H17N3O2. The number of phenols is 1. The van der Waals surface area contributed by atoms with Crippen LogP contribution in [0.5, 0.6) is 5.75 Å². The average molecular weight is 223 g/mol. The van der Waals surface area contributed by atoms with Gasteiger partial charge in [-0.05, 0) is 24.2 Å². The lowest BCUT2D eigenvalue weighted by atomic mass is 10.1. The molecule has 0 atom stereocenters. The minimum absolute atomic E-state index is 0.0710. The summed E-state index contributed by atoms with van der Waals surface area (Å²) in [5.74, 6) is -0.282. The summed E-state index contributed by atoms with van der Waals surface area (Å²) in [6.07, 6.45) is 0. The van der Waals surface area contributed by atoms with Gasteiger partial charge in [0.2, 0.25) is 5.91 Å². The Morgan fingerprint density at radius 2 is 2.19 bits per heavy atom. The van der Waals surface area contributed by atoms with Crippen LogP contribution in [0.3, 0.4) is 0 Å². The second-order valence-corrected chi connectivity index (χ2v) is 3.66. The van der Waals surface area contributed by atoms with Gasteiger partial charge in [0.15, 0.2) is 0 Å². The highest BCUT2D eigenvalue weighted by Gasteiger charge is 2.07. The molecule has 0 aromatic heterocycles. The van der Waals surface area contributed by atoms with Crippen molar-refractivity contribution in [3.8, 4) is 5.75 Å². The molecule has 88 valence electrons. The van der Waals surface area contributed by atoms with Crippen LogP contribution >= 0.6 is 0 Å². The van der Waals surface area contributed by atoms with Crippen molar-refractivity contribution >= 4 is 11.6 Å². The zero-order chi connectivity index (χ0) is 12.1. The second-order valence-electron chi connectivity index (χ2n) is 3.66. The van der Waals surface area contributed by atoms with E-state index in [0.29, 0.717) is 12.2 Å². The van der Waals surface area contributed by atoms with Crippen LogP contribution in [0, 0.1) is 0 Å². The lowest BCUT2D eigenvalue weighted by Gasteiger charge is -2.18. The topological polar surface area (TPSA) is 92.6 Å². The van der Waals surface area contributed by atoms with Gasteiger partial charge >= 0.3 is 0 Å². The Balaban J connectivity index is 2.70. The molecule has 16 heavy (non-hydrogen) atoms. The van der Waals surface area contributed by atoms with Gasteiger partial charge in [0.25, 0.3) is 0 Å². The van der Waals surface area contributed by atoms with Gasteiger partial charge in [0, 0.05) is 6.54 Å². The number of benzene rings is 1. The molecule has 0 aliphatic heterocycles. The Kier molecular flexibility index (Phi) is 4.13. The predicted octanol–water partition coefficient (Wildman–Crippen LogP) is 0.282. The zero-order valence-electron chi connectivity index (χ0n) is 9.31. The maximum atomic E-state index is 10.8. The number of anilines is 1. The first-order valence-corrected chi connectivity index (χ1v) is 5.11. The number of rotatable bonds is 5. The third kappa shape index (κ3) is 3.43. The number of hydrogen-bond donors (Lipinski definition) is 3. The van der Waals surface area contributed by atoms with Crippen molar-refractivity contribution in [3.63, 3.8) is 0 Å². The lowest BCUT2D eigenvalue weighted by molar-refractivity contribution is -0.119. The van der Waals surface area contributed by atoms with E-state index in [9.17, 15) is 9.90 Å². The minimum Gasteiger partial charge on any atom is -0.506 e. The number of amides is 1. The maximum Gasteiger partial charge on any atom is 0.231 e. The fourth-order valence-electron chi connectivity index (χ4n) is 1.46. The van der Waals surface area contributed by atoms with Gasteiger partial charge in [0.05, 0.1) is 12.2 Å². The van der Waals surface area contributed by atoms with E-state index in [-0.39, 0.29) is 18.2 Å². The minimum atomic E-state index is -0.353. The lowest BCUT2D eigenvalue weighted by Crippen LogP contribution is -2.33. The van der Waals surface area contributed by atoms with E-state index in [1.54, 1.807) is 18.2 Å². The molecule has 5 N–H and O–H groups in total. The van der Waals surface area contributed by atoms with Crippen molar-refractivity contribution in [2.75, 3.05) is 18.8 Å². The molecule has 0 aliphatic rings. The van der Waals surface area contributed by atoms with Crippen LogP contribution in [-0.4, -0.2) is 29.0 Å². The molecule has 0 radical (unpaired) electrons. The molecule has 5 nitrogen and oxygen atoms in total. The summed E-state index contributed by atoms with van der Waals surface area (Å²) in [6, 6.07) is 5.01. The van der Waals surface area contributed by atoms with E-state index in [2.05, 4.69) is 0 Å². The van der Waals surface area contributed by atoms with Crippen molar-refractivity contribution in [2.24, 2.45) is 5.73 Å². The Morgan fingerprint density at radius 1 is 1.50 bits per heavy atom. The number of primary amides is 1. The van der Waals surface area contributed by atoms with Crippen molar-refractivity contribution < 1.29 is 9.90 Å². The van der Waals surface area contributed by atoms with E-state index >= 15 is 0 Å². The molecule has 0 saturated carbocycles. The van der Waals surface area contributed by atoms with Crippen LogP contribution in [0.1, 0.15) is 12.5 Å². The molecule has 1 aromatic rings. The summed E-state index contributed by atoms with van der Waals surface area (Å²) < 4.78 is 0. The predicted molar refractivity (Wildman–Crippen MR) is 62.7 cm³/mol. The summed E-state index contributed by atoms with van der Waals surface area (Å²) >= 11 is 0. The average Bonchev–Trinajstić information content (AvgIpc) is 2.22. The Labute approximate surface area is 94.7 Å². The molecule has 0 bridgehead atoms. The summed E-state index contributed by atoms with van der Waals surface area (Å²) in [5.41, 5.74) is 12.0. The number of phenolic OH excluding ortho intramolecular Hbond substituents is 1. The standard InChI is InChI=1S/C11H17N3O2/c1-2-14(7-11(13)16)6-8-3-4-10(15)9(12)5-8/h3-5,15H,2,6-7,12H2,1H3,(H2,13,16). The van der Waals surface area contributed by atoms with Gasteiger partial charge in [-0.25, -0.2) is 0 Å². The molecule has 0 saturated heterocycles. The smallest absolute Gasteiger partial charge is 0.231 e. The van der Waals surface area contributed by atoms with Crippen molar-refractivity contribution in [2.45, 2.75) is 13.5 Å². The van der Waals surface area contributed by atoms with Crippen LogP contribution in [0.2, 0.25) is 0 Å². The molecule has 0 fully saturated rings. The van der Waals surface area contributed by atoms with Crippen molar-refractivity contribution in [1.82, 2.24) is 4.90 Å². The maximum absolute atomic E-state index is 10.8. The molecule has 0 heterocycles. The SMILES string of the molecule is CCN(CC(N)=O)Cc1ccc(O)c(N)c1. The van der Waals surface area contributed by atoms with Gasteiger partial charge in [0.1, 0.15) is 5.75 Å². The Hall–Kier alpha value is -1.75. The number of hydrogen-bond acceptors (Lipinski definition) is 4. The van der Waals surface area contributed by atoms with E-state index < -0.39 is 0 Å². The van der Waals surface area contributed by atoms with E-state index in [1.165, 1.54) is 0 Å². The third-order valence-electron chi connectivity index (χ3n) is 2.32. The molecule has 1 aromatic carbocycles. The first kappa shape index (κ1) is 12.3. The number of nitrogens with two attached hydrogens (primary N) is 2. The number of carbonyl (C=O) groups excluding carboxylic acids is 1. The highest BCUT2D eigenvalue weighted by atomic mass is 16.3. The van der Waals surface area contributed by atoms with Gasteiger partial charge < -0.3 is 16.6 Å². The highest BCUT2D eigenvalue weighted by Crippen LogP contribution is 2.21. The molecule has 1 rings (SSSR count). The fraction of sp³-hybridized carbons (Fsp3) is 0.364. The Morgan fingerprint density at radius 3 is 2.69 bits per heavy atom. The molecule has 0 spiro atoms. The first-order valence-electron chi connectivity index (χ1n) is 5.11. The van der Waals surface area contributed by atoms with E-state index in [1.807, 2.05) is 11.8 Å². The monoisotopic (exact) mass is 223 g/mol. The van der Waals surface area contributed by atoms with Gasteiger partial charge in [-0.2, -0.15) is 0 Å². The van der Waals surface area contributed by atoms with Crippen LogP contribution in [0.15, 0.2) is 18.2 Å². The molecule has 1 amide bonds. The number of nitrogen functional groups attached to an aromatic ring is 1. The van der Waals surface area contributed by atoms with E-state index in [4.69, 9.17) is 11.5 Å². The highest BCUT2D eigenvalue weighted by molar-refractivity contribution is 5.75. The van der Waals surface area contributed by atoms with E-state index in [0.717, 1.165) is 12.1 Å². The number of aromatic hydroxyl groups is 1. The van der Waals surface area contributed by atoms with Crippen molar-refractivity contribution in [1.29, 1.82) is 0 Å². The van der Waals surface area contributed by atoms with Gasteiger partial charge in [-0.1, -0.05) is 13.0 Å². The second kappa shape index (κ2) is 5.37. The summed E-state index contributed by atoms with van der Waals surface area (Å²) in [7, 11) is 0. The number of carbonyl (C=O) groups is 1. The largest absolute Gasteiger partial charge is 0.506 e. The van der Waals surface area contributed by atoms with Crippen LogP contribution in [0.4, 0.5) is 5.69 Å². The summed E-state index contributed by atoms with van der Waals surface area (Å²) in [6.45, 7) is 3.48. The summed E-state index contributed by atoms with van der Waals surface area (Å²) in [5, 5.41) is 9.27. The third-order valence-corrected chi connectivity index (χ3v) is 2.32. The summed E-state index contributed by atoms with van der Waals surface area (Å²) in [4.78, 5) is 12.7. The van der Waals surface area contributed by atoms with Crippen LogP contribution in [-0.2, 0) is 11.3 Å². The fourth-order valence-corrected chi connectivity index (χ4v) is 1.46. The molecule has 0 unspecified atom stereocenters. The normalized spacial score (nSPS) is 10.6. The molecule has 0 aliphatic carbocycles. The quantitative estimate of drug-likeness (QED) is 0.494.